The molecule has 1 rings (SSSR count). The zero-order valence-electron chi connectivity index (χ0n) is 12.1. The Balaban J connectivity index is 2.64. The van der Waals surface area contributed by atoms with Crippen molar-refractivity contribution in [3.8, 4) is 0 Å². The molecule has 0 aromatic heterocycles. The summed E-state index contributed by atoms with van der Waals surface area (Å²) in [5.74, 6) is -0.0264. The second-order valence-corrected chi connectivity index (χ2v) is 4.82. The van der Waals surface area contributed by atoms with Gasteiger partial charge in [0.25, 0.3) is 0 Å². The van der Waals surface area contributed by atoms with E-state index in [4.69, 9.17) is 5.11 Å². The number of anilines is 2. The summed E-state index contributed by atoms with van der Waals surface area (Å²) < 4.78 is 0. The van der Waals surface area contributed by atoms with Gasteiger partial charge in [-0.05, 0) is 45.3 Å². The van der Waals surface area contributed by atoms with E-state index in [1.54, 1.807) is 0 Å². The lowest BCUT2D eigenvalue weighted by atomic mass is 10.2. The fraction of sp³-hybridized carbons (Fsp3) is 0.500. The van der Waals surface area contributed by atoms with Crippen molar-refractivity contribution in [3.63, 3.8) is 0 Å². The first kappa shape index (κ1) is 15.5. The van der Waals surface area contributed by atoms with E-state index >= 15 is 0 Å². The van der Waals surface area contributed by atoms with Crippen LogP contribution in [0.3, 0.4) is 0 Å². The van der Waals surface area contributed by atoms with Crippen molar-refractivity contribution in [2.45, 2.75) is 13.0 Å². The number of hydrogen-bond donors (Lipinski definition) is 2. The smallest absolute Gasteiger partial charge is 0.241 e. The highest BCUT2D eigenvalue weighted by atomic mass is 16.3. The van der Waals surface area contributed by atoms with E-state index in [0.29, 0.717) is 6.54 Å². The average molecular weight is 265 g/mol. The number of amides is 1. The second kappa shape index (κ2) is 7.11. The van der Waals surface area contributed by atoms with Crippen molar-refractivity contribution in [2.24, 2.45) is 0 Å². The minimum Gasteiger partial charge on any atom is -0.395 e. The Labute approximate surface area is 114 Å². The first-order chi connectivity index (χ1) is 8.95. The van der Waals surface area contributed by atoms with Crippen molar-refractivity contribution in [3.05, 3.63) is 24.3 Å². The van der Waals surface area contributed by atoms with Crippen LogP contribution in [0.1, 0.15) is 6.92 Å². The lowest BCUT2D eigenvalue weighted by molar-refractivity contribution is -0.119. The van der Waals surface area contributed by atoms with Gasteiger partial charge in [0.15, 0.2) is 0 Å². The molecular formula is C14H23N3O2. The number of nitrogens with one attached hydrogen (secondary N) is 1. The van der Waals surface area contributed by atoms with Gasteiger partial charge in [0.1, 0.15) is 0 Å². The van der Waals surface area contributed by atoms with Gasteiger partial charge in [-0.2, -0.15) is 0 Å². The highest BCUT2D eigenvalue weighted by Crippen LogP contribution is 2.16. The Kier molecular flexibility index (Phi) is 5.79. The summed E-state index contributed by atoms with van der Waals surface area (Å²) >= 11 is 0. The van der Waals surface area contributed by atoms with Crippen molar-refractivity contribution < 1.29 is 9.90 Å². The number of benzene rings is 1. The third-order valence-electron chi connectivity index (χ3n) is 3.17. The number of hydrogen-bond acceptors (Lipinski definition) is 4. The maximum absolute atomic E-state index is 11.9. The minimum absolute atomic E-state index is 0.0264. The minimum atomic E-state index is -0.170. The van der Waals surface area contributed by atoms with Gasteiger partial charge >= 0.3 is 0 Å². The number of aliphatic hydroxyl groups excluding tert-OH is 1. The molecule has 0 aliphatic rings. The fourth-order valence-electron chi connectivity index (χ4n) is 1.56. The van der Waals surface area contributed by atoms with E-state index < -0.39 is 0 Å². The Morgan fingerprint density at radius 3 is 2.32 bits per heavy atom. The van der Waals surface area contributed by atoms with Crippen LogP contribution in [-0.2, 0) is 4.79 Å². The number of rotatable bonds is 6. The van der Waals surface area contributed by atoms with E-state index in [0.717, 1.165) is 11.4 Å². The van der Waals surface area contributed by atoms with Gasteiger partial charge in [-0.1, -0.05) is 0 Å². The normalized spacial score (nSPS) is 12.3. The van der Waals surface area contributed by atoms with Crippen molar-refractivity contribution in [1.82, 2.24) is 4.90 Å². The predicted octanol–water partition coefficient (Wildman–Crippen LogP) is 1.00. The molecule has 1 amide bonds. The van der Waals surface area contributed by atoms with Crippen LogP contribution in [0.5, 0.6) is 0 Å². The molecule has 0 unspecified atom stereocenters. The SMILES string of the molecule is C[C@@H](C(=O)Nc1ccc(N(C)CCO)cc1)N(C)C. The molecule has 1 atom stereocenters. The molecule has 0 radical (unpaired) electrons. The largest absolute Gasteiger partial charge is 0.395 e. The molecule has 2 N–H and O–H groups in total. The third kappa shape index (κ3) is 4.54. The van der Waals surface area contributed by atoms with Crippen LogP contribution in [0.15, 0.2) is 24.3 Å². The van der Waals surface area contributed by atoms with E-state index in [2.05, 4.69) is 5.32 Å². The molecule has 0 bridgehead atoms. The summed E-state index contributed by atoms with van der Waals surface area (Å²) in [6.07, 6.45) is 0. The van der Waals surface area contributed by atoms with Gasteiger partial charge in [-0.15, -0.1) is 0 Å². The first-order valence-corrected chi connectivity index (χ1v) is 6.35. The quantitative estimate of drug-likeness (QED) is 0.806. The molecule has 1 aromatic carbocycles. The standard InChI is InChI=1S/C14H23N3O2/c1-11(16(2)3)14(19)15-12-5-7-13(8-6-12)17(4)9-10-18/h5-8,11,18H,9-10H2,1-4H3,(H,15,19)/t11-/m0/s1. The molecular weight excluding hydrogens is 242 g/mol. The average Bonchev–Trinajstić information content (AvgIpc) is 2.38. The maximum atomic E-state index is 11.9. The monoisotopic (exact) mass is 265 g/mol. The summed E-state index contributed by atoms with van der Waals surface area (Å²) in [6.45, 7) is 2.57. The number of likely N-dealkylation sites (N-methyl/N-ethyl adjacent to an activating group) is 2. The summed E-state index contributed by atoms with van der Waals surface area (Å²) in [4.78, 5) is 15.7. The molecule has 1 aromatic rings. The highest BCUT2D eigenvalue weighted by Gasteiger charge is 2.14. The van der Waals surface area contributed by atoms with Crippen molar-refractivity contribution in [1.29, 1.82) is 0 Å². The Morgan fingerprint density at radius 2 is 1.84 bits per heavy atom. The first-order valence-electron chi connectivity index (χ1n) is 6.35. The summed E-state index contributed by atoms with van der Waals surface area (Å²) in [7, 11) is 5.66. The van der Waals surface area contributed by atoms with E-state index in [1.165, 1.54) is 0 Å². The number of carbonyl (C=O) groups is 1. The molecule has 0 heterocycles. The highest BCUT2D eigenvalue weighted by molar-refractivity contribution is 5.94. The molecule has 0 fully saturated rings. The van der Waals surface area contributed by atoms with Gasteiger partial charge in [-0.25, -0.2) is 0 Å². The number of carbonyl (C=O) groups excluding carboxylic acids is 1. The second-order valence-electron chi connectivity index (χ2n) is 4.82. The Morgan fingerprint density at radius 1 is 1.26 bits per heavy atom. The van der Waals surface area contributed by atoms with E-state index in [1.807, 2.05) is 62.1 Å². The molecule has 0 aliphatic heterocycles. The van der Waals surface area contributed by atoms with Gasteiger partial charge in [0, 0.05) is 25.0 Å². The van der Waals surface area contributed by atoms with Gasteiger partial charge < -0.3 is 15.3 Å². The van der Waals surface area contributed by atoms with Gasteiger partial charge in [0.2, 0.25) is 5.91 Å². The molecule has 19 heavy (non-hydrogen) atoms. The Hall–Kier alpha value is -1.59. The molecule has 106 valence electrons. The van der Waals surface area contributed by atoms with Crippen LogP contribution in [-0.4, -0.2) is 56.3 Å². The predicted molar refractivity (Wildman–Crippen MR) is 78.6 cm³/mol. The van der Waals surface area contributed by atoms with Crippen LogP contribution in [0.2, 0.25) is 0 Å². The molecule has 0 saturated heterocycles. The van der Waals surface area contributed by atoms with Gasteiger partial charge in [-0.3, -0.25) is 9.69 Å². The molecule has 5 heteroatoms. The van der Waals surface area contributed by atoms with Crippen LogP contribution in [0, 0.1) is 0 Å². The third-order valence-corrected chi connectivity index (χ3v) is 3.17. The van der Waals surface area contributed by atoms with E-state index in [9.17, 15) is 4.79 Å². The summed E-state index contributed by atoms with van der Waals surface area (Å²) in [5.41, 5.74) is 1.78. The number of nitrogens with zero attached hydrogens (tertiary/aromatic N) is 2. The molecule has 5 nitrogen and oxygen atoms in total. The lowest BCUT2D eigenvalue weighted by Crippen LogP contribution is -2.37. The molecule has 0 aliphatic carbocycles. The topological polar surface area (TPSA) is 55.8 Å². The van der Waals surface area contributed by atoms with Crippen LogP contribution in [0.4, 0.5) is 11.4 Å². The van der Waals surface area contributed by atoms with Crippen molar-refractivity contribution >= 4 is 17.3 Å². The zero-order valence-corrected chi connectivity index (χ0v) is 12.1. The molecule has 0 saturated carbocycles. The van der Waals surface area contributed by atoms with Crippen LogP contribution >= 0.6 is 0 Å². The lowest BCUT2D eigenvalue weighted by Gasteiger charge is -2.20. The molecule has 0 spiro atoms. The number of aliphatic hydroxyl groups is 1. The summed E-state index contributed by atoms with van der Waals surface area (Å²) in [5, 5.41) is 11.8. The van der Waals surface area contributed by atoms with Gasteiger partial charge in [0.05, 0.1) is 12.6 Å². The Bertz CT molecular complexity index is 404. The van der Waals surface area contributed by atoms with E-state index in [-0.39, 0.29) is 18.6 Å². The summed E-state index contributed by atoms with van der Waals surface area (Å²) in [6, 6.07) is 7.40. The van der Waals surface area contributed by atoms with Crippen molar-refractivity contribution in [2.75, 3.05) is 44.5 Å². The van der Waals surface area contributed by atoms with Crippen LogP contribution in [0.25, 0.3) is 0 Å². The van der Waals surface area contributed by atoms with Crippen LogP contribution < -0.4 is 10.2 Å². The maximum Gasteiger partial charge on any atom is 0.241 e. The fourth-order valence-corrected chi connectivity index (χ4v) is 1.56. The zero-order chi connectivity index (χ0) is 14.4.